The first kappa shape index (κ1) is 25.6. The molecule has 0 spiro atoms. The van der Waals surface area contributed by atoms with Gasteiger partial charge in [0.1, 0.15) is 0 Å². The van der Waals surface area contributed by atoms with E-state index >= 15 is 0 Å². The van der Waals surface area contributed by atoms with Crippen LogP contribution in [0.4, 0.5) is 0 Å². The first-order valence-electron chi connectivity index (χ1n) is 9.07. The number of allylic oxidation sites excluding steroid dienone is 2. The quantitative estimate of drug-likeness (QED) is 0.472. The molecule has 0 aliphatic heterocycles. The Morgan fingerprint density at radius 2 is 1.19 bits per heavy atom. The molecule has 2 N–H and O–H groups in total. The van der Waals surface area contributed by atoms with Gasteiger partial charge in [-0.15, -0.1) is 0 Å². The fraction of sp³-hybridized carbons (Fsp3) is 0.217. The number of phenols is 2. The van der Waals surface area contributed by atoms with E-state index in [1.165, 1.54) is 38.5 Å². The predicted octanol–water partition coefficient (Wildman–Crippen LogP) is 3.36. The number of carbonyl (C=O) groups excluding carboxylic acids is 2. The molecule has 0 bridgehead atoms. The molecule has 0 heterocycles. The van der Waals surface area contributed by atoms with Crippen molar-refractivity contribution in [3.8, 4) is 23.0 Å². The Balaban J connectivity index is 0.00000110. The molecule has 0 aromatic heterocycles. The topological polar surface area (TPSA) is 110 Å². The van der Waals surface area contributed by atoms with Gasteiger partial charge in [0.05, 0.1) is 20.6 Å². The Hall–Kier alpha value is -3.39. The molecular formula is C23H26O7S. The Morgan fingerprint density at radius 1 is 0.839 bits per heavy atom. The van der Waals surface area contributed by atoms with Gasteiger partial charge in [-0.05, 0) is 47.5 Å². The Labute approximate surface area is 184 Å². The summed E-state index contributed by atoms with van der Waals surface area (Å²) in [5.41, 5.74) is 1.33. The maximum atomic E-state index is 11.9. The summed E-state index contributed by atoms with van der Waals surface area (Å²) in [7, 11) is 2.25. The van der Waals surface area contributed by atoms with Crippen molar-refractivity contribution in [2.24, 2.45) is 0 Å². The van der Waals surface area contributed by atoms with E-state index in [-0.39, 0.29) is 29.5 Å². The second kappa shape index (κ2) is 13.0. The zero-order chi connectivity index (χ0) is 23.4. The minimum Gasteiger partial charge on any atom is -0.504 e. The molecule has 0 saturated carbocycles. The zero-order valence-corrected chi connectivity index (χ0v) is 18.6. The Kier molecular flexibility index (Phi) is 10.8. The fourth-order valence-corrected chi connectivity index (χ4v) is 2.26. The number of methoxy groups -OCH3 is 2. The molecule has 31 heavy (non-hydrogen) atoms. The molecule has 166 valence electrons. The Morgan fingerprint density at radius 3 is 1.52 bits per heavy atom. The van der Waals surface area contributed by atoms with E-state index in [1.54, 1.807) is 48.9 Å². The number of aromatic hydroxyl groups is 2. The highest BCUT2D eigenvalue weighted by Gasteiger charge is 2.06. The third-order valence-electron chi connectivity index (χ3n) is 3.68. The van der Waals surface area contributed by atoms with Crippen LogP contribution in [-0.2, 0) is 20.4 Å². The van der Waals surface area contributed by atoms with Crippen molar-refractivity contribution in [2.75, 3.05) is 26.7 Å². The number of hydrogen-bond donors (Lipinski definition) is 2. The predicted molar refractivity (Wildman–Crippen MR) is 122 cm³/mol. The van der Waals surface area contributed by atoms with Crippen molar-refractivity contribution in [1.29, 1.82) is 0 Å². The summed E-state index contributed by atoms with van der Waals surface area (Å²) >= 11 is 0. The molecule has 7 nitrogen and oxygen atoms in total. The van der Waals surface area contributed by atoms with Crippen molar-refractivity contribution in [3.05, 3.63) is 59.7 Å². The molecule has 2 aromatic rings. The highest BCUT2D eigenvalue weighted by atomic mass is 32.2. The van der Waals surface area contributed by atoms with Crippen LogP contribution in [0.1, 0.15) is 17.5 Å². The number of benzene rings is 2. The number of ether oxygens (including phenoxy) is 2. The molecule has 0 atom stereocenters. The molecule has 0 fully saturated rings. The van der Waals surface area contributed by atoms with Crippen LogP contribution >= 0.6 is 0 Å². The van der Waals surface area contributed by atoms with Crippen molar-refractivity contribution in [3.63, 3.8) is 0 Å². The summed E-state index contributed by atoms with van der Waals surface area (Å²) in [6, 6.07) is 9.34. The van der Waals surface area contributed by atoms with Gasteiger partial charge >= 0.3 is 0 Å². The van der Waals surface area contributed by atoms with Gasteiger partial charge in [-0.25, -0.2) is 0 Å². The van der Waals surface area contributed by atoms with Crippen LogP contribution in [0.3, 0.4) is 0 Å². The lowest BCUT2D eigenvalue weighted by atomic mass is 10.1. The molecule has 8 heteroatoms. The standard InChI is InChI=1S/C21H20O6.C2H6OS/c1-26-20-11-14(5-9-18(20)24)3-7-16(22)13-17(23)8-4-15-6-10-19(25)21(12-15)27-2;1-4(2)3/h3-12,24-25H,13H2,1-2H3;1-2H3/b7-3+,8-4+;. The second-order valence-corrected chi connectivity index (χ2v) is 7.86. The lowest BCUT2D eigenvalue weighted by Crippen LogP contribution is -2.01. The van der Waals surface area contributed by atoms with Crippen molar-refractivity contribution in [1.82, 2.24) is 0 Å². The number of hydrogen-bond acceptors (Lipinski definition) is 7. The molecular weight excluding hydrogens is 420 g/mol. The summed E-state index contributed by atoms with van der Waals surface area (Å²) in [5, 5.41) is 19.1. The van der Waals surface area contributed by atoms with Gasteiger partial charge in [0, 0.05) is 23.3 Å². The normalized spacial score (nSPS) is 10.7. The first-order valence-corrected chi connectivity index (χ1v) is 11.0. The largest absolute Gasteiger partial charge is 0.504 e. The molecule has 0 unspecified atom stereocenters. The summed E-state index contributed by atoms with van der Waals surface area (Å²) in [6.07, 6.45) is 8.72. The van der Waals surface area contributed by atoms with E-state index in [0.717, 1.165) is 0 Å². The van der Waals surface area contributed by atoms with Crippen LogP contribution in [0.25, 0.3) is 12.2 Å². The van der Waals surface area contributed by atoms with E-state index in [1.807, 2.05) is 0 Å². The lowest BCUT2D eigenvalue weighted by Gasteiger charge is -2.03. The van der Waals surface area contributed by atoms with Gasteiger partial charge in [-0.3, -0.25) is 13.8 Å². The molecule has 2 aromatic carbocycles. The molecule has 2 rings (SSSR count). The van der Waals surface area contributed by atoms with Crippen LogP contribution in [0, 0.1) is 0 Å². The van der Waals surface area contributed by atoms with Gasteiger partial charge in [0.2, 0.25) is 0 Å². The van der Waals surface area contributed by atoms with E-state index in [4.69, 9.17) is 9.47 Å². The van der Waals surface area contributed by atoms with Crippen molar-refractivity contribution in [2.45, 2.75) is 6.42 Å². The first-order chi connectivity index (χ1) is 14.7. The number of rotatable bonds is 8. The zero-order valence-electron chi connectivity index (χ0n) is 17.8. The van der Waals surface area contributed by atoms with Gasteiger partial charge < -0.3 is 19.7 Å². The number of ketones is 2. The van der Waals surface area contributed by atoms with Crippen LogP contribution in [0.5, 0.6) is 23.0 Å². The minimum atomic E-state index is -0.611. The lowest BCUT2D eigenvalue weighted by molar-refractivity contribution is -0.121. The maximum Gasteiger partial charge on any atom is 0.163 e. The fourth-order valence-electron chi connectivity index (χ4n) is 2.26. The van der Waals surface area contributed by atoms with E-state index in [0.29, 0.717) is 22.6 Å². The highest BCUT2D eigenvalue weighted by molar-refractivity contribution is 7.83. The van der Waals surface area contributed by atoms with Gasteiger partial charge in [-0.1, -0.05) is 24.3 Å². The average Bonchev–Trinajstić information content (AvgIpc) is 2.72. The summed E-state index contributed by atoms with van der Waals surface area (Å²) in [4.78, 5) is 23.9. The Bertz CT molecular complexity index is 916. The second-order valence-electron chi connectivity index (χ2n) is 6.38. The third-order valence-corrected chi connectivity index (χ3v) is 3.68. The van der Waals surface area contributed by atoms with Crippen LogP contribution in [0.15, 0.2) is 48.6 Å². The van der Waals surface area contributed by atoms with Gasteiger partial charge in [0.25, 0.3) is 0 Å². The molecule has 0 radical (unpaired) electrons. The van der Waals surface area contributed by atoms with Crippen LogP contribution in [0.2, 0.25) is 0 Å². The van der Waals surface area contributed by atoms with Crippen LogP contribution < -0.4 is 9.47 Å². The minimum absolute atomic E-state index is 0.00662. The molecule has 0 aliphatic carbocycles. The van der Waals surface area contributed by atoms with E-state index in [2.05, 4.69) is 0 Å². The van der Waals surface area contributed by atoms with Crippen molar-refractivity contribution < 1.29 is 33.5 Å². The van der Waals surface area contributed by atoms with Gasteiger partial charge in [-0.2, -0.15) is 0 Å². The maximum absolute atomic E-state index is 11.9. The molecule has 0 amide bonds. The molecule has 0 aliphatic rings. The summed E-state index contributed by atoms with van der Waals surface area (Å²) < 4.78 is 19.6. The third kappa shape index (κ3) is 9.77. The number of carbonyl (C=O) groups is 2. The SMILES string of the molecule is COc1cc(/C=C/C(=O)CC(=O)/C=C/c2ccc(O)c(OC)c2)ccc1O.CS(C)=O. The monoisotopic (exact) mass is 446 g/mol. The van der Waals surface area contributed by atoms with E-state index in [9.17, 15) is 24.0 Å². The average molecular weight is 447 g/mol. The highest BCUT2D eigenvalue weighted by Crippen LogP contribution is 2.27. The van der Waals surface area contributed by atoms with E-state index < -0.39 is 10.8 Å². The molecule has 0 saturated heterocycles. The van der Waals surface area contributed by atoms with Crippen LogP contribution in [-0.4, -0.2) is 52.7 Å². The van der Waals surface area contributed by atoms with Crippen molar-refractivity contribution >= 4 is 34.5 Å². The van der Waals surface area contributed by atoms with Gasteiger partial charge in [0.15, 0.2) is 34.6 Å². The number of phenolic OH excluding ortho intramolecular Hbond substituents is 2. The summed E-state index contributed by atoms with van der Waals surface area (Å²) in [5.74, 6) is -0.0832. The smallest absolute Gasteiger partial charge is 0.163 e. The summed E-state index contributed by atoms with van der Waals surface area (Å²) in [6.45, 7) is 0.